The number of rotatable bonds is 5. The summed E-state index contributed by atoms with van der Waals surface area (Å²) in [6.07, 6.45) is 1.77. The van der Waals surface area contributed by atoms with Gasteiger partial charge < -0.3 is 10.1 Å². The lowest BCUT2D eigenvalue weighted by atomic mass is 10.3. The Hall–Kier alpha value is -2.67. The van der Waals surface area contributed by atoms with E-state index >= 15 is 0 Å². The van der Waals surface area contributed by atoms with Crippen molar-refractivity contribution in [2.24, 2.45) is 5.92 Å². The van der Waals surface area contributed by atoms with E-state index in [2.05, 4.69) is 10.3 Å². The maximum Gasteiger partial charge on any atom is 0.234 e. The van der Waals surface area contributed by atoms with Crippen molar-refractivity contribution in [2.75, 3.05) is 5.32 Å². The Morgan fingerprint density at radius 2 is 2.04 bits per heavy atom. The molecule has 118 valence electrons. The number of halogens is 1. The number of aromatic nitrogens is 1. The Kier molecular flexibility index (Phi) is 4.12. The van der Waals surface area contributed by atoms with E-state index in [-0.39, 0.29) is 5.91 Å². The van der Waals surface area contributed by atoms with Gasteiger partial charge in [-0.1, -0.05) is 11.6 Å². The first-order valence-corrected chi connectivity index (χ1v) is 7.24. The largest absolute Gasteiger partial charge is 0.439 e. The molecule has 2 aromatic rings. The number of anilines is 1. The Bertz CT molecular complexity index is 733. The van der Waals surface area contributed by atoms with E-state index in [4.69, 9.17) is 16.3 Å². The fourth-order valence-corrected chi connectivity index (χ4v) is 2.19. The SMILES string of the molecule is O=C(Nc1ccc(Oc2ccc(Cl)cn2)cc1)[C@H]1C[C@H]1[N+](=O)[O-]. The van der Waals surface area contributed by atoms with Crippen LogP contribution in [-0.2, 0) is 4.79 Å². The second-order valence-corrected chi connectivity index (χ2v) is 5.56. The molecular formula is C15H12ClN3O4. The number of benzene rings is 1. The first-order chi connectivity index (χ1) is 11.0. The smallest absolute Gasteiger partial charge is 0.234 e. The third-order valence-electron chi connectivity index (χ3n) is 3.41. The average Bonchev–Trinajstić information content (AvgIpc) is 3.32. The molecule has 1 N–H and O–H groups in total. The zero-order valence-corrected chi connectivity index (χ0v) is 12.6. The molecule has 1 saturated carbocycles. The zero-order valence-electron chi connectivity index (χ0n) is 11.8. The van der Waals surface area contributed by atoms with E-state index in [1.165, 1.54) is 6.20 Å². The Labute approximate surface area is 136 Å². The topological polar surface area (TPSA) is 94.4 Å². The number of carbonyl (C=O) groups excluding carboxylic acids is 1. The standard InChI is InChI=1S/C15H12ClN3O4/c16-9-1-6-14(17-8-9)23-11-4-2-10(3-5-11)18-15(20)12-7-13(12)19(21)22/h1-6,8,12-13H,7H2,(H,18,20)/t12-,13+/m0/s1. The molecule has 8 heteroatoms. The number of nitrogens with one attached hydrogen (secondary N) is 1. The lowest BCUT2D eigenvalue weighted by molar-refractivity contribution is -0.497. The molecule has 0 aliphatic heterocycles. The molecule has 1 aliphatic rings. The highest BCUT2D eigenvalue weighted by atomic mass is 35.5. The van der Waals surface area contributed by atoms with Gasteiger partial charge in [0.15, 0.2) is 0 Å². The normalized spacial score (nSPS) is 19.0. The van der Waals surface area contributed by atoms with Crippen molar-refractivity contribution in [3.8, 4) is 11.6 Å². The maximum absolute atomic E-state index is 11.8. The summed E-state index contributed by atoms with van der Waals surface area (Å²) in [7, 11) is 0. The van der Waals surface area contributed by atoms with Gasteiger partial charge in [-0.25, -0.2) is 4.98 Å². The summed E-state index contributed by atoms with van der Waals surface area (Å²) in [5.41, 5.74) is 0.556. The molecule has 23 heavy (non-hydrogen) atoms. The van der Waals surface area contributed by atoms with Crippen molar-refractivity contribution in [3.05, 3.63) is 57.7 Å². The van der Waals surface area contributed by atoms with Crippen LogP contribution in [0.3, 0.4) is 0 Å². The molecular weight excluding hydrogens is 322 g/mol. The highest BCUT2D eigenvalue weighted by molar-refractivity contribution is 6.30. The predicted molar refractivity (Wildman–Crippen MR) is 83.3 cm³/mol. The monoisotopic (exact) mass is 333 g/mol. The van der Waals surface area contributed by atoms with E-state index < -0.39 is 16.9 Å². The molecule has 3 rings (SSSR count). The highest BCUT2D eigenvalue weighted by Gasteiger charge is 2.53. The van der Waals surface area contributed by atoms with Crippen molar-refractivity contribution in [1.82, 2.24) is 4.98 Å². The van der Waals surface area contributed by atoms with E-state index in [0.29, 0.717) is 28.8 Å². The van der Waals surface area contributed by atoms with Gasteiger partial charge in [0.25, 0.3) is 0 Å². The Balaban J connectivity index is 1.58. The fraction of sp³-hybridized carbons (Fsp3) is 0.200. The highest BCUT2D eigenvalue weighted by Crippen LogP contribution is 2.34. The predicted octanol–water partition coefficient (Wildman–Crippen LogP) is 3.13. The lowest BCUT2D eigenvalue weighted by Gasteiger charge is -2.07. The molecule has 1 fully saturated rings. The van der Waals surface area contributed by atoms with Crippen molar-refractivity contribution < 1.29 is 14.5 Å². The van der Waals surface area contributed by atoms with E-state index in [9.17, 15) is 14.9 Å². The minimum atomic E-state index is -0.756. The van der Waals surface area contributed by atoms with Crippen LogP contribution in [0.1, 0.15) is 6.42 Å². The number of hydrogen-bond acceptors (Lipinski definition) is 5. The van der Waals surface area contributed by atoms with E-state index in [1.54, 1.807) is 36.4 Å². The van der Waals surface area contributed by atoms with E-state index in [0.717, 1.165) is 0 Å². The van der Waals surface area contributed by atoms with Gasteiger partial charge in [0, 0.05) is 29.3 Å². The summed E-state index contributed by atoms with van der Waals surface area (Å²) in [6.45, 7) is 0. The second kappa shape index (κ2) is 6.21. The first kappa shape index (κ1) is 15.2. The first-order valence-electron chi connectivity index (χ1n) is 6.87. The Morgan fingerprint density at radius 1 is 1.30 bits per heavy atom. The molecule has 0 spiro atoms. The van der Waals surface area contributed by atoms with Gasteiger partial charge in [-0.05, 0) is 30.3 Å². The molecule has 7 nitrogen and oxygen atoms in total. The number of pyridine rings is 1. The summed E-state index contributed by atoms with van der Waals surface area (Å²) >= 11 is 5.74. The van der Waals surface area contributed by atoms with Crippen LogP contribution in [-0.4, -0.2) is 21.9 Å². The second-order valence-electron chi connectivity index (χ2n) is 5.13. The number of nitrogens with zero attached hydrogens (tertiary/aromatic N) is 2. The lowest BCUT2D eigenvalue weighted by Crippen LogP contribution is -2.18. The quantitative estimate of drug-likeness (QED) is 0.670. The third kappa shape index (κ3) is 3.75. The Morgan fingerprint density at radius 3 is 2.61 bits per heavy atom. The molecule has 1 amide bonds. The number of amides is 1. The number of hydrogen-bond donors (Lipinski definition) is 1. The van der Waals surface area contributed by atoms with Crippen LogP contribution < -0.4 is 10.1 Å². The summed E-state index contributed by atoms with van der Waals surface area (Å²) in [6, 6.07) is 9.21. The molecule has 1 aromatic carbocycles. The van der Waals surface area contributed by atoms with Crippen LogP contribution >= 0.6 is 11.6 Å². The molecule has 1 heterocycles. The number of nitro groups is 1. The van der Waals surface area contributed by atoms with Crippen LogP contribution in [0.15, 0.2) is 42.6 Å². The summed E-state index contributed by atoms with van der Waals surface area (Å²) < 4.78 is 5.53. The van der Waals surface area contributed by atoms with Crippen molar-refractivity contribution in [2.45, 2.75) is 12.5 Å². The molecule has 0 unspecified atom stereocenters. The molecule has 1 aliphatic carbocycles. The summed E-state index contributed by atoms with van der Waals surface area (Å²) in [5, 5.41) is 13.7. The van der Waals surface area contributed by atoms with Gasteiger partial charge >= 0.3 is 0 Å². The zero-order chi connectivity index (χ0) is 16.4. The van der Waals surface area contributed by atoms with Gasteiger partial charge in [0.1, 0.15) is 11.7 Å². The van der Waals surface area contributed by atoms with Gasteiger partial charge in [0.05, 0.1) is 5.02 Å². The van der Waals surface area contributed by atoms with Gasteiger partial charge in [-0.3, -0.25) is 14.9 Å². The minimum Gasteiger partial charge on any atom is -0.439 e. The van der Waals surface area contributed by atoms with Gasteiger partial charge in [-0.15, -0.1) is 0 Å². The average molecular weight is 334 g/mol. The van der Waals surface area contributed by atoms with Crippen LogP contribution in [0.5, 0.6) is 11.6 Å². The fourth-order valence-electron chi connectivity index (χ4n) is 2.08. The number of ether oxygens (including phenoxy) is 1. The van der Waals surface area contributed by atoms with Crippen LogP contribution in [0.2, 0.25) is 5.02 Å². The molecule has 0 radical (unpaired) electrons. The van der Waals surface area contributed by atoms with Crippen LogP contribution in [0.4, 0.5) is 5.69 Å². The van der Waals surface area contributed by atoms with Crippen LogP contribution in [0.25, 0.3) is 0 Å². The molecule has 0 saturated heterocycles. The third-order valence-corrected chi connectivity index (χ3v) is 3.63. The maximum atomic E-state index is 11.8. The van der Waals surface area contributed by atoms with Gasteiger partial charge in [0.2, 0.25) is 17.8 Å². The summed E-state index contributed by atoms with van der Waals surface area (Å²) in [4.78, 5) is 26.0. The van der Waals surface area contributed by atoms with Crippen LogP contribution in [0, 0.1) is 16.0 Å². The number of carbonyl (C=O) groups is 1. The van der Waals surface area contributed by atoms with Crippen molar-refractivity contribution in [1.29, 1.82) is 0 Å². The minimum absolute atomic E-state index is 0.294. The van der Waals surface area contributed by atoms with Gasteiger partial charge in [-0.2, -0.15) is 0 Å². The van der Waals surface area contributed by atoms with Crippen molar-refractivity contribution in [3.63, 3.8) is 0 Å². The summed E-state index contributed by atoms with van der Waals surface area (Å²) in [5.74, 6) is 0.0735. The van der Waals surface area contributed by atoms with Crippen molar-refractivity contribution >= 4 is 23.2 Å². The molecule has 2 atom stereocenters. The molecule has 1 aromatic heterocycles. The molecule has 0 bridgehead atoms. The van der Waals surface area contributed by atoms with E-state index in [1.807, 2.05) is 0 Å².